The molecule has 27 heavy (non-hydrogen) atoms. The molecule has 2 aromatic heterocycles. The van der Waals surface area contributed by atoms with Gasteiger partial charge in [0.25, 0.3) is 0 Å². The number of pyridine rings is 1. The largest absolute Gasteiger partial charge is 0.494 e. The van der Waals surface area contributed by atoms with Gasteiger partial charge in [-0.25, -0.2) is 9.37 Å². The third-order valence-electron chi connectivity index (χ3n) is 4.31. The van der Waals surface area contributed by atoms with Crippen molar-refractivity contribution in [3.63, 3.8) is 0 Å². The van der Waals surface area contributed by atoms with E-state index in [-0.39, 0.29) is 5.75 Å². The van der Waals surface area contributed by atoms with Gasteiger partial charge in [-0.2, -0.15) is 0 Å². The van der Waals surface area contributed by atoms with E-state index in [9.17, 15) is 4.39 Å². The van der Waals surface area contributed by atoms with E-state index in [1.807, 2.05) is 12.1 Å². The van der Waals surface area contributed by atoms with Crippen LogP contribution in [0.25, 0.3) is 11.3 Å². The molecule has 1 N–H and O–H groups in total. The number of anilines is 3. The van der Waals surface area contributed by atoms with Crippen LogP contribution < -0.4 is 15.0 Å². The standard InChI is InChI=1S/C19H19FN4O3/c1-25-17-3-2-13(10-15(17)20)16-12-19(27-23-16)22-14-4-5-21-18(11-14)24-6-8-26-9-7-24/h2-5,10-12H,6-9H2,1H3,(H,21,22). The quantitative estimate of drug-likeness (QED) is 0.737. The Labute approximate surface area is 155 Å². The van der Waals surface area contributed by atoms with E-state index in [4.69, 9.17) is 14.0 Å². The fourth-order valence-electron chi connectivity index (χ4n) is 2.90. The molecule has 0 spiro atoms. The molecule has 0 unspecified atom stereocenters. The van der Waals surface area contributed by atoms with Gasteiger partial charge in [0.15, 0.2) is 11.6 Å². The third-order valence-corrected chi connectivity index (χ3v) is 4.31. The Kier molecular flexibility index (Phi) is 4.88. The Hall–Kier alpha value is -3.13. The minimum atomic E-state index is -0.447. The van der Waals surface area contributed by atoms with Crippen molar-refractivity contribution in [2.45, 2.75) is 0 Å². The number of methoxy groups -OCH3 is 1. The topological polar surface area (TPSA) is 72.7 Å². The summed E-state index contributed by atoms with van der Waals surface area (Å²) in [6.45, 7) is 3.02. The minimum absolute atomic E-state index is 0.188. The number of halogens is 1. The van der Waals surface area contributed by atoms with Crippen LogP contribution in [0, 0.1) is 5.82 Å². The van der Waals surface area contributed by atoms with Gasteiger partial charge in [0.2, 0.25) is 5.88 Å². The molecular weight excluding hydrogens is 351 g/mol. The predicted molar refractivity (Wildman–Crippen MR) is 99.0 cm³/mol. The molecule has 1 aliphatic rings. The van der Waals surface area contributed by atoms with E-state index < -0.39 is 5.82 Å². The highest BCUT2D eigenvalue weighted by Gasteiger charge is 2.14. The van der Waals surface area contributed by atoms with E-state index in [1.54, 1.807) is 24.4 Å². The van der Waals surface area contributed by atoms with Crippen molar-refractivity contribution < 1.29 is 18.4 Å². The molecule has 3 heterocycles. The van der Waals surface area contributed by atoms with Crippen LogP contribution in [0.4, 0.5) is 21.8 Å². The van der Waals surface area contributed by atoms with Crippen LogP contribution in [0.2, 0.25) is 0 Å². The third kappa shape index (κ3) is 3.85. The zero-order valence-electron chi connectivity index (χ0n) is 14.8. The van der Waals surface area contributed by atoms with E-state index >= 15 is 0 Å². The normalized spacial score (nSPS) is 14.2. The first kappa shape index (κ1) is 17.3. The van der Waals surface area contributed by atoms with Crippen molar-refractivity contribution >= 4 is 17.4 Å². The minimum Gasteiger partial charge on any atom is -0.494 e. The van der Waals surface area contributed by atoms with Crippen LogP contribution >= 0.6 is 0 Å². The maximum absolute atomic E-state index is 13.9. The molecule has 8 heteroatoms. The summed E-state index contributed by atoms with van der Waals surface area (Å²) in [6, 6.07) is 10.2. The lowest BCUT2D eigenvalue weighted by Crippen LogP contribution is -2.36. The van der Waals surface area contributed by atoms with Crippen LogP contribution in [0.15, 0.2) is 47.1 Å². The number of morpholine rings is 1. The van der Waals surface area contributed by atoms with Crippen molar-refractivity contribution in [2.24, 2.45) is 0 Å². The highest BCUT2D eigenvalue weighted by Crippen LogP contribution is 2.28. The van der Waals surface area contributed by atoms with Crippen LogP contribution in [0.3, 0.4) is 0 Å². The number of aromatic nitrogens is 2. The van der Waals surface area contributed by atoms with Gasteiger partial charge in [-0.05, 0) is 24.3 Å². The molecule has 3 aromatic rings. The Morgan fingerprint density at radius 2 is 2.00 bits per heavy atom. The SMILES string of the molecule is COc1ccc(-c2cc(Nc3ccnc(N4CCOCC4)c3)on2)cc1F. The number of ether oxygens (including phenoxy) is 2. The summed E-state index contributed by atoms with van der Waals surface area (Å²) >= 11 is 0. The Bertz CT molecular complexity index is 925. The van der Waals surface area contributed by atoms with Crippen LogP contribution in [-0.2, 0) is 4.74 Å². The Balaban J connectivity index is 1.50. The zero-order chi connectivity index (χ0) is 18.6. The first-order valence-electron chi connectivity index (χ1n) is 8.59. The highest BCUT2D eigenvalue weighted by atomic mass is 19.1. The smallest absolute Gasteiger partial charge is 0.229 e. The predicted octanol–water partition coefficient (Wildman–Crippen LogP) is 3.46. The lowest BCUT2D eigenvalue weighted by molar-refractivity contribution is 0.122. The molecule has 1 fully saturated rings. The monoisotopic (exact) mass is 370 g/mol. The van der Waals surface area contributed by atoms with Gasteiger partial charge >= 0.3 is 0 Å². The van der Waals surface area contributed by atoms with E-state index in [0.29, 0.717) is 30.4 Å². The molecule has 0 radical (unpaired) electrons. The summed E-state index contributed by atoms with van der Waals surface area (Å²) in [6.07, 6.45) is 1.74. The van der Waals surface area contributed by atoms with Gasteiger partial charge in [-0.1, -0.05) is 5.16 Å². The van der Waals surface area contributed by atoms with Gasteiger partial charge in [-0.3, -0.25) is 0 Å². The molecule has 0 saturated carbocycles. The molecule has 0 aliphatic carbocycles. The number of benzene rings is 1. The molecule has 4 rings (SSSR count). The summed E-state index contributed by atoms with van der Waals surface area (Å²) < 4.78 is 29.5. The number of rotatable bonds is 5. The molecule has 0 bridgehead atoms. The summed E-state index contributed by atoms with van der Waals surface area (Å²) in [5, 5.41) is 7.17. The lowest BCUT2D eigenvalue weighted by Gasteiger charge is -2.27. The number of hydrogen-bond donors (Lipinski definition) is 1. The average molecular weight is 370 g/mol. The first-order chi connectivity index (χ1) is 13.2. The molecular formula is C19H19FN4O3. The zero-order valence-corrected chi connectivity index (χ0v) is 14.8. The second kappa shape index (κ2) is 7.63. The van der Waals surface area contributed by atoms with Gasteiger partial charge in [0.1, 0.15) is 11.5 Å². The molecule has 7 nitrogen and oxygen atoms in total. The Morgan fingerprint density at radius 3 is 2.78 bits per heavy atom. The lowest BCUT2D eigenvalue weighted by atomic mass is 10.1. The molecule has 1 saturated heterocycles. The molecule has 0 amide bonds. The van der Waals surface area contributed by atoms with E-state index in [0.717, 1.165) is 24.6 Å². The summed E-state index contributed by atoms with van der Waals surface area (Å²) in [5.41, 5.74) is 1.96. The van der Waals surface area contributed by atoms with Gasteiger partial charge in [0.05, 0.1) is 20.3 Å². The molecule has 140 valence electrons. The maximum atomic E-state index is 13.9. The first-order valence-corrected chi connectivity index (χ1v) is 8.59. The Morgan fingerprint density at radius 1 is 1.15 bits per heavy atom. The van der Waals surface area contributed by atoms with Crippen LogP contribution in [0.5, 0.6) is 5.75 Å². The van der Waals surface area contributed by atoms with E-state index in [1.165, 1.54) is 13.2 Å². The van der Waals surface area contributed by atoms with Crippen molar-refractivity contribution in [3.05, 3.63) is 48.4 Å². The maximum Gasteiger partial charge on any atom is 0.229 e. The molecule has 0 atom stereocenters. The second-order valence-electron chi connectivity index (χ2n) is 6.05. The second-order valence-corrected chi connectivity index (χ2v) is 6.05. The molecule has 1 aromatic carbocycles. The average Bonchev–Trinajstić information content (AvgIpc) is 3.17. The molecule has 1 aliphatic heterocycles. The number of hydrogen-bond acceptors (Lipinski definition) is 7. The van der Waals surface area contributed by atoms with Gasteiger partial charge < -0.3 is 24.2 Å². The highest BCUT2D eigenvalue weighted by molar-refractivity contribution is 5.66. The van der Waals surface area contributed by atoms with Crippen LogP contribution in [0.1, 0.15) is 0 Å². The number of nitrogens with one attached hydrogen (secondary N) is 1. The number of nitrogens with zero attached hydrogens (tertiary/aromatic N) is 3. The van der Waals surface area contributed by atoms with Crippen molar-refractivity contribution in [2.75, 3.05) is 43.6 Å². The van der Waals surface area contributed by atoms with E-state index in [2.05, 4.69) is 20.4 Å². The fraction of sp³-hybridized carbons (Fsp3) is 0.263. The summed E-state index contributed by atoms with van der Waals surface area (Å²) in [7, 11) is 1.43. The van der Waals surface area contributed by atoms with Gasteiger partial charge in [-0.15, -0.1) is 0 Å². The van der Waals surface area contributed by atoms with Gasteiger partial charge in [0, 0.05) is 42.7 Å². The fourth-order valence-corrected chi connectivity index (χ4v) is 2.90. The van der Waals surface area contributed by atoms with Crippen molar-refractivity contribution in [3.8, 4) is 17.0 Å². The van der Waals surface area contributed by atoms with Crippen molar-refractivity contribution in [1.29, 1.82) is 0 Å². The van der Waals surface area contributed by atoms with Crippen molar-refractivity contribution in [1.82, 2.24) is 10.1 Å². The summed E-state index contributed by atoms with van der Waals surface area (Å²) in [5.74, 6) is 1.07. The summed E-state index contributed by atoms with van der Waals surface area (Å²) in [4.78, 5) is 6.58. The van der Waals surface area contributed by atoms with Crippen LogP contribution in [-0.4, -0.2) is 43.6 Å².